The van der Waals surface area contributed by atoms with Crippen molar-refractivity contribution in [2.75, 3.05) is 23.8 Å². The summed E-state index contributed by atoms with van der Waals surface area (Å²) in [6.07, 6.45) is -2.04. The third kappa shape index (κ3) is 5.59. The number of nitrogens with one attached hydrogen (secondary N) is 2. The van der Waals surface area contributed by atoms with Gasteiger partial charge in [0.25, 0.3) is 0 Å². The second-order valence-electron chi connectivity index (χ2n) is 6.27. The van der Waals surface area contributed by atoms with Crippen LogP contribution in [-0.2, 0) is 15.7 Å². The molecule has 0 unspecified atom stereocenters. The van der Waals surface area contributed by atoms with E-state index in [0.29, 0.717) is 11.3 Å². The van der Waals surface area contributed by atoms with Crippen molar-refractivity contribution in [3.8, 4) is 5.69 Å². The molecule has 11 heteroatoms. The summed E-state index contributed by atoms with van der Waals surface area (Å²) < 4.78 is 45.4. The van der Waals surface area contributed by atoms with Crippen molar-refractivity contribution in [3.63, 3.8) is 0 Å². The Morgan fingerprint density at radius 2 is 1.87 bits per heavy atom. The maximum atomic E-state index is 13.1. The first kappa shape index (κ1) is 21.8. The molecular formula is C20H18F3N5O3. The van der Waals surface area contributed by atoms with Gasteiger partial charge in [0.2, 0.25) is 5.91 Å². The molecule has 1 aromatic heterocycles. The summed E-state index contributed by atoms with van der Waals surface area (Å²) in [5.74, 6) is -1.04. The van der Waals surface area contributed by atoms with Gasteiger partial charge < -0.3 is 15.4 Å². The van der Waals surface area contributed by atoms with E-state index in [2.05, 4.69) is 20.7 Å². The van der Waals surface area contributed by atoms with Crippen LogP contribution in [-0.4, -0.2) is 39.8 Å². The fourth-order valence-electron chi connectivity index (χ4n) is 2.66. The molecule has 0 spiro atoms. The van der Waals surface area contributed by atoms with Crippen LogP contribution >= 0.6 is 0 Å². The van der Waals surface area contributed by atoms with E-state index in [1.54, 1.807) is 19.1 Å². The second kappa shape index (κ2) is 9.28. The molecule has 1 amide bonds. The average molecular weight is 433 g/mol. The molecule has 0 aliphatic rings. The zero-order valence-corrected chi connectivity index (χ0v) is 16.3. The highest BCUT2D eigenvalue weighted by atomic mass is 19.4. The van der Waals surface area contributed by atoms with Gasteiger partial charge in [-0.1, -0.05) is 0 Å². The first-order valence-electron chi connectivity index (χ1n) is 9.15. The zero-order valence-electron chi connectivity index (χ0n) is 16.3. The largest absolute Gasteiger partial charge is 0.462 e. The number of rotatable bonds is 7. The fourth-order valence-corrected chi connectivity index (χ4v) is 2.66. The third-order valence-electron chi connectivity index (χ3n) is 4.11. The van der Waals surface area contributed by atoms with E-state index in [1.165, 1.54) is 35.5 Å². The molecule has 0 saturated carbocycles. The number of amides is 1. The second-order valence-corrected chi connectivity index (χ2v) is 6.27. The van der Waals surface area contributed by atoms with Gasteiger partial charge >= 0.3 is 12.1 Å². The Morgan fingerprint density at radius 1 is 1.13 bits per heavy atom. The Kier molecular flexibility index (Phi) is 6.53. The van der Waals surface area contributed by atoms with Crippen LogP contribution < -0.4 is 10.6 Å². The van der Waals surface area contributed by atoms with E-state index in [0.717, 1.165) is 12.1 Å². The Balaban J connectivity index is 1.70. The Hall–Kier alpha value is -3.89. The van der Waals surface area contributed by atoms with Crippen molar-refractivity contribution >= 4 is 23.3 Å². The topological polar surface area (TPSA) is 98.1 Å². The van der Waals surface area contributed by atoms with E-state index in [9.17, 15) is 22.8 Å². The van der Waals surface area contributed by atoms with Crippen LogP contribution in [0.25, 0.3) is 5.69 Å². The number of aromatic nitrogens is 3. The van der Waals surface area contributed by atoms with Crippen LogP contribution in [0.2, 0.25) is 0 Å². The number of carbonyl (C=O) groups is 2. The summed E-state index contributed by atoms with van der Waals surface area (Å²) in [6, 6.07) is 9.19. The predicted molar refractivity (Wildman–Crippen MR) is 106 cm³/mol. The van der Waals surface area contributed by atoms with Gasteiger partial charge in [-0.2, -0.15) is 18.3 Å². The van der Waals surface area contributed by atoms with Gasteiger partial charge in [-0.25, -0.2) is 14.5 Å². The Labute approximate surface area is 175 Å². The van der Waals surface area contributed by atoms with E-state index in [1.807, 2.05) is 0 Å². The number of anilines is 2. The number of alkyl halides is 3. The molecule has 1 heterocycles. The number of hydrogen-bond acceptors (Lipinski definition) is 6. The normalized spacial score (nSPS) is 11.1. The van der Waals surface area contributed by atoms with Gasteiger partial charge in [-0.3, -0.25) is 4.79 Å². The highest BCUT2D eigenvalue weighted by molar-refractivity contribution is 5.96. The lowest BCUT2D eigenvalue weighted by molar-refractivity contribution is -0.137. The summed E-state index contributed by atoms with van der Waals surface area (Å²) >= 11 is 0. The van der Waals surface area contributed by atoms with Crippen LogP contribution in [0.15, 0.2) is 55.1 Å². The van der Waals surface area contributed by atoms with Gasteiger partial charge in [0, 0.05) is 5.69 Å². The minimum Gasteiger partial charge on any atom is -0.462 e. The molecule has 162 valence electrons. The minimum absolute atomic E-state index is 0.0650. The van der Waals surface area contributed by atoms with Crippen LogP contribution in [0, 0.1) is 0 Å². The number of benzene rings is 2. The van der Waals surface area contributed by atoms with Crippen LogP contribution in [0.5, 0.6) is 0 Å². The quantitative estimate of drug-likeness (QED) is 0.554. The summed E-state index contributed by atoms with van der Waals surface area (Å²) in [5.41, 5.74) is 0.165. The lowest BCUT2D eigenvalue weighted by Crippen LogP contribution is -2.23. The molecule has 0 aliphatic carbocycles. The summed E-state index contributed by atoms with van der Waals surface area (Å²) in [6.45, 7) is 1.74. The van der Waals surface area contributed by atoms with Gasteiger partial charge in [0.15, 0.2) is 0 Å². The van der Waals surface area contributed by atoms with Gasteiger partial charge in [-0.05, 0) is 49.4 Å². The molecule has 0 fully saturated rings. The SMILES string of the molecule is CCOC(=O)c1ccc(NCC(=O)Nc2cc(C(F)(F)F)ccc2-n2cncn2)cc1. The molecule has 8 nitrogen and oxygen atoms in total. The highest BCUT2D eigenvalue weighted by Crippen LogP contribution is 2.33. The number of ether oxygens (including phenoxy) is 1. The molecule has 2 N–H and O–H groups in total. The lowest BCUT2D eigenvalue weighted by atomic mass is 10.1. The van der Waals surface area contributed by atoms with E-state index < -0.39 is 23.6 Å². The van der Waals surface area contributed by atoms with Crippen molar-refractivity contribution in [2.24, 2.45) is 0 Å². The Bertz CT molecular complexity index is 1050. The first-order chi connectivity index (χ1) is 14.8. The highest BCUT2D eigenvalue weighted by Gasteiger charge is 2.31. The zero-order chi connectivity index (χ0) is 22.4. The van der Waals surface area contributed by atoms with Crippen molar-refractivity contribution in [2.45, 2.75) is 13.1 Å². The molecule has 2 aromatic carbocycles. The number of hydrogen-bond donors (Lipinski definition) is 2. The standard InChI is InChI=1S/C20H18F3N5O3/c1-2-31-19(30)13-3-6-15(7-4-13)25-10-18(29)27-16-9-14(20(21,22)23)5-8-17(16)28-12-24-11-26-28/h3-9,11-12,25H,2,10H2,1H3,(H,27,29). The molecule has 0 atom stereocenters. The number of esters is 1. The number of nitrogens with zero attached hydrogens (tertiary/aromatic N) is 3. The predicted octanol–water partition coefficient (Wildman–Crippen LogP) is 3.51. The van der Waals surface area contributed by atoms with Crippen LogP contribution in [0.3, 0.4) is 0 Å². The fraction of sp³-hybridized carbons (Fsp3) is 0.200. The lowest BCUT2D eigenvalue weighted by Gasteiger charge is -2.15. The molecular weight excluding hydrogens is 415 g/mol. The third-order valence-corrected chi connectivity index (χ3v) is 4.11. The summed E-state index contributed by atoms with van der Waals surface area (Å²) in [4.78, 5) is 27.8. The summed E-state index contributed by atoms with van der Waals surface area (Å²) in [7, 11) is 0. The molecule has 3 aromatic rings. The van der Waals surface area contributed by atoms with Crippen molar-refractivity contribution in [3.05, 3.63) is 66.2 Å². The van der Waals surface area contributed by atoms with Gasteiger partial charge in [-0.15, -0.1) is 0 Å². The van der Waals surface area contributed by atoms with Gasteiger partial charge in [0.05, 0.1) is 35.7 Å². The van der Waals surface area contributed by atoms with Crippen LogP contribution in [0.4, 0.5) is 24.5 Å². The maximum Gasteiger partial charge on any atom is 0.416 e. The van der Waals surface area contributed by atoms with E-state index in [4.69, 9.17) is 4.74 Å². The molecule has 0 bridgehead atoms. The van der Waals surface area contributed by atoms with E-state index in [-0.39, 0.29) is 24.5 Å². The smallest absolute Gasteiger partial charge is 0.416 e. The molecule has 0 radical (unpaired) electrons. The number of halogens is 3. The average Bonchev–Trinajstić information content (AvgIpc) is 3.27. The van der Waals surface area contributed by atoms with Crippen molar-refractivity contribution in [1.29, 1.82) is 0 Å². The monoisotopic (exact) mass is 433 g/mol. The van der Waals surface area contributed by atoms with Crippen molar-refractivity contribution < 1.29 is 27.5 Å². The molecule has 31 heavy (non-hydrogen) atoms. The molecule has 3 rings (SSSR count). The summed E-state index contributed by atoms with van der Waals surface area (Å²) in [5, 5.41) is 9.20. The van der Waals surface area contributed by atoms with E-state index >= 15 is 0 Å². The minimum atomic E-state index is -4.57. The van der Waals surface area contributed by atoms with Gasteiger partial charge in [0.1, 0.15) is 12.7 Å². The van der Waals surface area contributed by atoms with Crippen LogP contribution in [0.1, 0.15) is 22.8 Å². The maximum absolute atomic E-state index is 13.1. The Morgan fingerprint density at radius 3 is 2.48 bits per heavy atom. The first-order valence-corrected chi connectivity index (χ1v) is 9.15. The molecule has 0 aliphatic heterocycles. The van der Waals surface area contributed by atoms with Crippen molar-refractivity contribution in [1.82, 2.24) is 14.8 Å². The number of carbonyl (C=O) groups excluding carboxylic acids is 2. The molecule has 0 saturated heterocycles.